The molecule has 1 unspecified atom stereocenters. The maximum Gasteiger partial charge on any atom is 0.295 e. The maximum atomic E-state index is 13.2. The highest BCUT2D eigenvalue weighted by atomic mass is 35.5. The lowest BCUT2D eigenvalue weighted by Crippen LogP contribution is -2.31. The van der Waals surface area contributed by atoms with E-state index in [4.69, 9.17) is 21.1 Å². The molecule has 1 amide bonds. The molecule has 1 saturated heterocycles. The summed E-state index contributed by atoms with van der Waals surface area (Å²) in [4.78, 5) is 27.8. The smallest absolute Gasteiger partial charge is 0.295 e. The van der Waals surface area contributed by atoms with Crippen LogP contribution in [0.3, 0.4) is 0 Å². The average Bonchev–Trinajstić information content (AvgIpc) is 3.03. The van der Waals surface area contributed by atoms with E-state index in [1.54, 1.807) is 18.2 Å². The Bertz CT molecular complexity index is 1060. The molecule has 7 heteroatoms. The Hall–Kier alpha value is -2.99. The number of para-hydroxylation sites is 1. The van der Waals surface area contributed by atoms with E-state index in [1.807, 2.05) is 52.0 Å². The predicted octanol–water partition coefficient (Wildman–Crippen LogP) is 5.75. The van der Waals surface area contributed by atoms with Crippen LogP contribution in [0.5, 0.6) is 11.5 Å². The molecule has 1 heterocycles. The van der Waals surface area contributed by atoms with Crippen molar-refractivity contribution in [3.63, 3.8) is 0 Å². The van der Waals surface area contributed by atoms with Gasteiger partial charge in [0, 0.05) is 17.7 Å². The van der Waals surface area contributed by atoms with Crippen LogP contribution in [-0.4, -0.2) is 41.0 Å². The number of aliphatic hydroxyl groups is 1. The molecular weight excluding hydrogens is 442 g/mol. The summed E-state index contributed by atoms with van der Waals surface area (Å²) in [6, 6.07) is 11.3. The summed E-state index contributed by atoms with van der Waals surface area (Å²) < 4.78 is 11.5. The Morgan fingerprint density at radius 2 is 1.85 bits per heavy atom. The molecule has 0 bridgehead atoms. The largest absolute Gasteiger partial charge is 0.507 e. The first-order chi connectivity index (χ1) is 15.8. The second-order valence-electron chi connectivity index (χ2n) is 8.13. The summed E-state index contributed by atoms with van der Waals surface area (Å²) in [6.07, 6.45) is 1.48. The molecule has 1 aliphatic rings. The minimum atomic E-state index is -0.766. The van der Waals surface area contributed by atoms with Crippen molar-refractivity contribution in [2.45, 2.75) is 52.7 Å². The number of nitrogens with zero attached hydrogens (tertiary/aromatic N) is 1. The van der Waals surface area contributed by atoms with Gasteiger partial charge in [-0.1, -0.05) is 43.1 Å². The third-order valence-corrected chi connectivity index (χ3v) is 5.69. The van der Waals surface area contributed by atoms with E-state index in [9.17, 15) is 14.7 Å². The number of ether oxygens (including phenoxy) is 2. The van der Waals surface area contributed by atoms with Crippen molar-refractivity contribution < 1.29 is 24.2 Å². The molecule has 0 radical (unpaired) electrons. The van der Waals surface area contributed by atoms with Gasteiger partial charge in [0.2, 0.25) is 0 Å². The fourth-order valence-electron chi connectivity index (χ4n) is 3.90. The molecule has 0 saturated carbocycles. The SMILES string of the molecule is CCCCN1C(=O)C(=O)/C(=C(\O)c2ccc(Cl)c(OCC)c2)C1c1ccccc1OC(C)C. The van der Waals surface area contributed by atoms with Gasteiger partial charge < -0.3 is 19.5 Å². The highest BCUT2D eigenvalue weighted by Crippen LogP contribution is 2.43. The maximum absolute atomic E-state index is 13.2. The quantitative estimate of drug-likeness (QED) is 0.286. The van der Waals surface area contributed by atoms with Crippen LogP contribution in [0, 0.1) is 0 Å². The van der Waals surface area contributed by atoms with Gasteiger partial charge in [-0.15, -0.1) is 0 Å². The lowest BCUT2D eigenvalue weighted by atomic mass is 9.94. The van der Waals surface area contributed by atoms with Crippen molar-refractivity contribution in [3.05, 3.63) is 64.2 Å². The summed E-state index contributed by atoms with van der Waals surface area (Å²) in [5.74, 6) is -0.662. The van der Waals surface area contributed by atoms with Crippen molar-refractivity contribution in [2.75, 3.05) is 13.2 Å². The van der Waals surface area contributed by atoms with E-state index < -0.39 is 17.7 Å². The minimum absolute atomic E-state index is 0.0284. The molecule has 0 aromatic heterocycles. The Morgan fingerprint density at radius 3 is 2.52 bits per heavy atom. The second-order valence-corrected chi connectivity index (χ2v) is 8.54. The number of rotatable bonds is 9. The molecule has 176 valence electrons. The standard InChI is InChI=1S/C26H30ClNO5/c1-5-7-14-28-23(18-10-8-9-11-20(18)33-16(3)4)22(25(30)26(28)31)24(29)17-12-13-19(27)21(15-17)32-6-2/h8-13,15-16,23,29H,5-7,14H2,1-4H3/b24-22-. The highest BCUT2D eigenvalue weighted by Gasteiger charge is 2.46. The zero-order valence-corrected chi connectivity index (χ0v) is 20.2. The van der Waals surface area contributed by atoms with Crippen molar-refractivity contribution in [3.8, 4) is 11.5 Å². The van der Waals surface area contributed by atoms with Crippen LogP contribution in [0.25, 0.3) is 5.76 Å². The normalized spacial score (nSPS) is 17.6. The van der Waals surface area contributed by atoms with Gasteiger partial charge in [0.25, 0.3) is 11.7 Å². The first-order valence-corrected chi connectivity index (χ1v) is 11.6. The van der Waals surface area contributed by atoms with Gasteiger partial charge in [-0.25, -0.2) is 0 Å². The van der Waals surface area contributed by atoms with E-state index in [1.165, 1.54) is 4.90 Å². The van der Waals surface area contributed by atoms with Gasteiger partial charge in [-0.2, -0.15) is 0 Å². The minimum Gasteiger partial charge on any atom is -0.507 e. The van der Waals surface area contributed by atoms with Crippen LogP contribution in [0.15, 0.2) is 48.0 Å². The number of hydrogen-bond donors (Lipinski definition) is 1. The number of ketones is 1. The molecule has 33 heavy (non-hydrogen) atoms. The van der Waals surface area contributed by atoms with Crippen molar-refractivity contribution in [1.82, 2.24) is 4.90 Å². The predicted molar refractivity (Wildman–Crippen MR) is 129 cm³/mol. The molecule has 6 nitrogen and oxygen atoms in total. The number of Topliss-reactive ketones (excluding diaryl/α,β-unsaturated/α-hetero) is 1. The fourth-order valence-corrected chi connectivity index (χ4v) is 4.07. The molecular formula is C26H30ClNO5. The third-order valence-electron chi connectivity index (χ3n) is 5.37. The summed E-state index contributed by atoms with van der Waals surface area (Å²) in [5.41, 5.74) is 1.03. The number of amides is 1. The average molecular weight is 472 g/mol. The summed E-state index contributed by atoms with van der Waals surface area (Å²) in [5, 5.41) is 11.7. The number of benzene rings is 2. The second kappa shape index (κ2) is 10.8. The highest BCUT2D eigenvalue weighted by molar-refractivity contribution is 6.46. The van der Waals surface area contributed by atoms with Crippen LogP contribution in [0.1, 0.15) is 57.7 Å². The topological polar surface area (TPSA) is 76.1 Å². The van der Waals surface area contributed by atoms with Crippen LogP contribution < -0.4 is 9.47 Å². The number of unbranched alkanes of at least 4 members (excludes halogenated alkanes) is 1. The molecule has 2 aromatic carbocycles. The Kier molecular flexibility index (Phi) is 8.03. The zero-order valence-electron chi connectivity index (χ0n) is 19.4. The van der Waals surface area contributed by atoms with Crippen molar-refractivity contribution in [1.29, 1.82) is 0 Å². The Labute approximate surface area is 199 Å². The summed E-state index contributed by atoms with van der Waals surface area (Å²) >= 11 is 6.20. The van der Waals surface area contributed by atoms with E-state index in [-0.39, 0.29) is 17.4 Å². The number of hydrogen-bond acceptors (Lipinski definition) is 5. The van der Waals surface area contributed by atoms with E-state index >= 15 is 0 Å². The van der Waals surface area contributed by atoms with Gasteiger partial charge in [0.05, 0.1) is 29.3 Å². The number of aliphatic hydroxyl groups excluding tert-OH is 1. The monoisotopic (exact) mass is 471 g/mol. The van der Waals surface area contributed by atoms with Gasteiger partial charge in [0.15, 0.2) is 0 Å². The summed E-state index contributed by atoms with van der Waals surface area (Å²) in [6.45, 7) is 8.45. The van der Waals surface area contributed by atoms with Crippen molar-refractivity contribution in [2.24, 2.45) is 0 Å². The first kappa shape index (κ1) is 24.6. The van der Waals surface area contributed by atoms with Crippen LogP contribution in [0.2, 0.25) is 5.02 Å². The van der Waals surface area contributed by atoms with Crippen molar-refractivity contribution >= 4 is 29.1 Å². The third kappa shape index (κ3) is 5.17. The Morgan fingerprint density at radius 1 is 1.12 bits per heavy atom. The van der Waals surface area contributed by atoms with Gasteiger partial charge in [-0.3, -0.25) is 9.59 Å². The van der Waals surface area contributed by atoms with E-state index in [0.717, 1.165) is 12.8 Å². The lowest BCUT2D eigenvalue weighted by Gasteiger charge is -2.27. The summed E-state index contributed by atoms with van der Waals surface area (Å²) in [7, 11) is 0. The molecule has 1 aliphatic heterocycles. The Balaban J connectivity index is 2.21. The van der Waals surface area contributed by atoms with Gasteiger partial charge in [0.1, 0.15) is 17.3 Å². The molecule has 0 aliphatic carbocycles. The molecule has 1 atom stereocenters. The van der Waals surface area contributed by atoms with Gasteiger partial charge >= 0.3 is 0 Å². The number of halogens is 1. The van der Waals surface area contributed by atoms with Crippen LogP contribution in [0.4, 0.5) is 0 Å². The number of carbonyl (C=O) groups is 2. The molecule has 2 aromatic rings. The van der Waals surface area contributed by atoms with E-state index in [2.05, 4.69) is 0 Å². The fraction of sp³-hybridized carbons (Fsp3) is 0.385. The lowest BCUT2D eigenvalue weighted by molar-refractivity contribution is -0.139. The van der Waals surface area contributed by atoms with E-state index in [0.29, 0.717) is 40.8 Å². The molecule has 1 fully saturated rings. The first-order valence-electron chi connectivity index (χ1n) is 11.3. The molecule has 0 spiro atoms. The number of likely N-dealkylation sites (tertiary alicyclic amines) is 1. The van der Waals surface area contributed by atoms with Gasteiger partial charge in [-0.05, 0) is 51.5 Å². The molecule has 3 rings (SSSR count). The zero-order chi connectivity index (χ0) is 24.1. The van der Waals surface area contributed by atoms with Crippen LogP contribution in [-0.2, 0) is 9.59 Å². The van der Waals surface area contributed by atoms with Crippen LogP contribution >= 0.6 is 11.6 Å². The number of carbonyl (C=O) groups excluding carboxylic acids is 2. The molecule has 1 N–H and O–H groups in total.